The first kappa shape index (κ1) is 25.1. The summed E-state index contributed by atoms with van der Waals surface area (Å²) < 4.78 is 106. The smallest absolute Gasteiger partial charge is 0.344 e. The number of benzene rings is 1. The number of carbonyl (C=O) groups excluding carboxylic acids is 1. The molecule has 1 aromatic carbocycles. The molecule has 0 fully saturated rings. The first-order valence-corrected chi connectivity index (χ1v) is 9.42. The van der Waals surface area contributed by atoms with Crippen LogP contribution in [0.3, 0.4) is 0 Å². The maximum Gasteiger partial charge on any atom is 0.419 e. The molecule has 3 rings (SSSR count). The third-order valence-electron chi connectivity index (χ3n) is 4.62. The molecular formula is C20H15F8N5O. The second-order valence-electron chi connectivity index (χ2n) is 7.32. The molecule has 0 bridgehead atoms. The summed E-state index contributed by atoms with van der Waals surface area (Å²) in [6.07, 6.45) is -6.14. The van der Waals surface area contributed by atoms with Crippen LogP contribution < -0.4 is 5.32 Å². The van der Waals surface area contributed by atoms with Crippen molar-refractivity contribution in [2.45, 2.75) is 38.2 Å². The minimum atomic E-state index is -4.99. The molecule has 6 nitrogen and oxygen atoms in total. The van der Waals surface area contributed by atoms with Crippen molar-refractivity contribution in [2.24, 2.45) is 0 Å². The predicted octanol–water partition coefficient (Wildman–Crippen LogP) is 5.30. The number of amides is 1. The second-order valence-corrected chi connectivity index (χ2v) is 7.32. The molecule has 0 aliphatic heterocycles. The molecule has 1 atom stereocenters. The zero-order valence-electron chi connectivity index (χ0n) is 17.3. The normalized spacial score (nSPS) is 13.6. The Morgan fingerprint density at radius 3 is 2.06 bits per heavy atom. The van der Waals surface area contributed by atoms with Gasteiger partial charge < -0.3 is 5.32 Å². The van der Waals surface area contributed by atoms with Crippen molar-refractivity contribution in [3.63, 3.8) is 0 Å². The van der Waals surface area contributed by atoms with E-state index >= 15 is 0 Å². The maximum absolute atomic E-state index is 13.7. The zero-order valence-corrected chi connectivity index (χ0v) is 17.3. The molecule has 0 spiro atoms. The Bertz CT molecular complexity index is 1160. The molecule has 0 radical (unpaired) electrons. The zero-order chi connectivity index (χ0) is 25.5. The van der Waals surface area contributed by atoms with Crippen molar-refractivity contribution in [1.82, 2.24) is 25.1 Å². The standard InChI is InChI=1S/C20H15F8N5O/c1-10(15-16(30-4-3-29-15)33-9-14(8-31-33)20(26,27)28)32-17(34)11-5-12(18(2,21)22)7-13(6-11)19(23,24)25/h3-10H,1-2H3,(H,32,34). The molecule has 1 unspecified atom stereocenters. The van der Waals surface area contributed by atoms with E-state index in [4.69, 9.17) is 0 Å². The Morgan fingerprint density at radius 1 is 0.912 bits per heavy atom. The second kappa shape index (κ2) is 8.65. The lowest BCUT2D eigenvalue weighted by Gasteiger charge is -2.18. The molecule has 0 aliphatic rings. The van der Waals surface area contributed by atoms with Crippen LogP contribution in [0, 0.1) is 0 Å². The van der Waals surface area contributed by atoms with Crippen molar-refractivity contribution in [3.8, 4) is 5.82 Å². The minimum absolute atomic E-state index is 0.0688. The van der Waals surface area contributed by atoms with Gasteiger partial charge in [-0.1, -0.05) is 0 Å². The Labute approximate surface area is 186 Å². The molecule has 2 aromatic heterocycles. The number of aromatic nitrogens is 4. The third kappa shape index (κ3) is 5.48. The molecule has 1 N–H and O–H groups in total. The summed E-state index contributed by atoms with van der Waals surface area (Å²) in [6, 6.07) is 0.183. The molecule has 0 aliphatic carbocycles. The average molecular weight is 493 g/mol. The van der Waals surface area contributed by atoms with Gasteiger partial charge in [0.05, 0.1) is 23.4 Å². The number of hydrogen-bond acceptors (Lipinski definition) is 4. The monoisotopic (exact) mass is 493 g/mol. The Morgan fingerprint density at radius 2 is 1.50 bits per heavy atom. The molecule has 182 valence electrons. The lowest BCUT2D eigenvalue weighted by atomic mass is 10.0. The van der Waals surface area contributed by atoms with Gasteiger partial charge in [-0.3, -0.25) is 9.78 Å². The van der Waals surface area contributed by atoms with Crippen molar-refractivity contribution < 1.29 is 39.9 Å². The Balaban J connectivity index is 1.94. The van der Waals surface area contributed by atoms with Crippen LogP contribution in [0.15, 0.2) is 43.0 Å². The van der Waals surface area contributed by atoms with E-state index in [1.807, 2.05) is 0 Å². The number of halogens is 8. The van der Waals surface area contributed by atoms with Crippen molar-refractivity contribution >= 4 is 5.91 Å². The van der Waals surface area contributed by atoms with Crippen LogP contribution in [0.1, 0.15) is 52.6 Å². The van der Waals surface area contributed by atoms with Crippen LogP contribution in [-0.4, -0.2) is 25.7 Å². The van der Waals surface area contributed by atoms with Crippen molar-refractivity contribution in [3.05, 3.63) is 70.9 Å². The number of carbonyl (C=O) groups is 1. The lowest BCUT2D eigenvalue weighted by molar-refractivity contribution is -0.138. The lowest BCUT2D eigenvalue weighted by Crippen LogP contribution is -2.29. The van der Waals surface area contributed by atoms with Gasteiger partial charge in [0.2, 0.25) is 0 Å². The summed E-state index contributed by atoms with van der Waals surface area (Å²) >= 11 is 0. The molecule has 3 aromatic rings. The third-order valence-corrected chi connectivity index (χ3v) is 4.62. The van der Waals surface area contributed by atoms with Gasteiger partial charge >= 0.3 is 12.4 Å². The fraction of sp³-hybridized carbons (Fsp3) is 0.300. The summed E-state index contributed by atoms with van der Waals surface area (Å²) in [5, 5.41) is 5.88. The molecule has 1 amide bonds. The number of hydrogen-bond donors (Lipinski definition) is 1. The van der Waals surface area contributed by atoms with Gasteiger partial charge in [0, 0.05) is 36.6 Å². The van der Waals surface area contributed by atoms with E-state index in [0.717, 1.165) is 10.9 Å². The van der Waals surface area contributed by atoms with Crippen LogP contribution in [-0.2, 0) is 18.3 Å². The molecule has 0 saturated carbocycles. The molecule has 2 heterocycles. The molecule has 34 heavy (non-hydrogen) atoms. The van der Waals surface area contributed by atoms with Gasteiger partial charge in [-0.15, -0.1) is 0 Å². The highest BCUT2D eigenvalue weighted by molar-refractivity contribution is 5.95. The van der Waals surface area contributed by atoms with E-state index in [9.17, 15) is 39.9 Å². The number of rotatable bonds is 5. The first-order valence-electron chi connectivity index (χ1n) is 9.42. The van der Waals surface area contributed by atoms with Gasteiger partial charge in [0.25, 0.3) is 11.8 Å². The maximum atomic E-state index is 13.7. The summed E-state index contributed by atoms with van der Waals surface area (Å²) in [6.45, 7) is 1.72. The van der Waals surface area contributed by atoms with Gasteiger partial charge in [-0.05, 0) is 25.1 Å². The summed E-state index contributed by atoms with van der Waals surface area (Å²) in [5.41, 5.74) is -4.29. The van der Waals surface area contributed by atoms with E-state index < -0.39 is 52.5 Å². The van der Waals surface area contributed by atoms with E-state index in [1.165, 1.54) is 13.1 Å². The fourth-order valence-electron chi connectivity index (χ4n) is 2.93. The number of nitrogens with zero attached hydrogens (tertiary/aromatic N) is 4. The van der Waals surface area contributed by atoms with Crippen molar-refractivity contribution in [2.75, 3.05) is 0 Å². The van der Waals surface area contributed by atoms with E-state index in [2.05, 4.69) is 20.4 Å². The molecule has 0 saturated heterocycles. The minimum Gasteiger partial charge on any atom is -0.344 e. The van der Waals surface area contributed by atoms with E-state index in [-0.39, 0.29) is 17.6 Å². The van der Waals surface area contributed by atoms with E-state index in [0.29, 0.717) is 31.5 Å². The topological polar surface area (TPSA) is 72.7 Å². The Hall–Kier alpha value is -3.58. The van der Waals surface area contributed by atoms with Crippen LogP contribution in [0.25, 0.3) is 5.82 Å². The average Bonchev–Trinajstić information content (AvgIpc) is 3.23. The van der Waals surface area contributed by atoms with Crippen LogP contribution >= 0.6 is 0 Å². The molecular weight excluding hydrogens is 478 g/mol. The number of alkyl halides is 8. The highest BCUT2D eigenvalue weighted by Gasteiger charge is 2.36. The number of nitrogens with one attached hydrogen (secondary N) is 1. The van der Waals surface area contributed by atoms with Gasteiger partial charge in [-0.25, -0.2) is 18.4 Å². The highest BCUT2D eigenvalue weighted by atomic mass is 19.4. The van der Waals surface area contributed by atoms with Crippen LogP contribution in [0.2, 0.25) is 0 Å². The Kier molecular flexibility index (Phi) is 6.37. The molecule has 14 heteroatoms. The summed E-state index contributed by atoms with van der Waals surface area (Å²) in [7, 11) is 0. The quantitative estimate of drug-likeness (QED) is 0.490. The SMILES string of the molecule is CC(NC(=O)c1cc(C(C)(F)F)cc(C(F)(F)F)c1)c1nccnc1-n1cc(C(F)(F)F)cn1. The van der Waals surface area contributed by atoms with Crippen molar-refractivity contribution in [1.29, 1.82) is 0 Å². The van der Waals surface area contributed by atoms with Gasteiger partial charge in [0.15, 0.2) is 5.82 Å². The predicted molar refractivity (Wildman–Crippen MR) is 101 cm³/mol. The van der Waals surface area contributed by atoms with Crippen LogP contribution in [0.4, 0.5) is 35.1 Å². The van der Waals surface area contributed by atoms with Gasteiger partial charge in [-0.2, -0.15) is 31.4 Å². The largest absolute Gasteiger partial charge is 0.419 e. The first-order chi connectivity index (χ1) is 15.6. The summed E-state index contributed by atoms with van der Waals surface area (Å²) in [5.74, 6) is -4.98. The summed E-state index contributed by atoms with van der Waals surface area (Å²) in [4.78, 5) is 20.5. The fourth-order valence-corrected chi connectivity index (χ4v) is 2.93. The van der Waals surface area contributed by atoms with Gasteiger partial charge in [0.1, 0.15) is 5.69 Å². The van der Waals surface area contributed by atoms with Crippen LogP contribution in [0.5, 0.6) is 0 Å². The highest BCUT2D eigenvalue weighted by Crippen LogP contribution is 2.35. The van der Waals surface area contributed by atoms with E-state index in [1.54, 1.807) is 0 Å².